The van der Waals surface area contributed by atoms with Crippen molar-refractivity contribution in [3.8, 4) is 55.9 Å². The number of pyridine rings is 2. The standard InChI is InChI=1S/C60H42N8/c1-35-23-41(43-27-45-31-63-65-33-51(45)61-29-43)24-36(2)57(35)39-13-17-47(18-14-39)67-53-11-7-5-9-49(53)59-55(67)21-22-56-60(59)50-10-6-8-12-54(50)68(56)48-19-15-40(16-20-48)58-37(3)25-42(26-38(58)4)44-28-46-32-64-66-34-52(46)62-30-44/h5-34H,1-4H3. The minimum absolute atomic E-state index is 0.840. The third kappa shape index (κ3) is 6.22. The molecule has 68 heavy (non-hydrogen) atoms. The van der Waals surface area contributed by atoms with E-state index >= 15 is 0 Å². The summed E-state index contributed by atoms with van der Waals surface area (Å²) in [5.74, 6) is 0. The van der Waals surface area contributed by atoms with Gasteiger partial charge in [0.2, 0.25) is 0 Å². The normalized spacial score (nSPS) is 11.8. The molecule has 8 heteroatoms. The Labute approximate surface area is 391 Å². The Morgan fingerprint density at radius 1 is 0.324 bits per heavy atom. The second-order valence-electron chi connectivity index (χ2n) is 18.0. The summed E-state index contributed by atoms with van der Waals surface area (Å²) in [6.07, 6.45) is 10.8. The van der Waals surface area contributed by atoms with Crippen LogP contribution in [0.3, 0.4) is 0 Å². The lowest BCUT2D eigenvalue weighted by atomic mass is 9.91. The van der Waals surface area contributed by atoms with Gasteiger partial charge in [0.1, 0.15) is 0 Å². The molecular weight excluding hydrogens is 833 g/mol. The molecule has 8 nitrogen and oxygen atoms in total. The Balaban J connectivity index is 0.880. The van der Waals surface area contributed by atoms with Gasteiger partial charge in [-0.3, -0.25) is 9.97 Å². The molecule has 6 heterocycles. The fraction of sp³-hybridized carbons (Fsp3) is 0.0667. The molecule has 0 radical (unpaired) electrons. The summed E-state index contributed by atoms with van der Waals surface area (Å²) in [6, 6.07) is 53.8. The molecule has 0 atom stereocenters. The lowest BCUT2D eigenvalue weighted by molar-refractivity contribution is 1.04. The van der Waals surface area contributed by atoms with E-state index < -0.39 is 0 Å². The average Bonchev–Trinajstić information content (AvgIpc) is 3.89. The predicted octanol–water partition coefficient (Wildman–Crippen LogP) is 14.5. The van der Waals surface area contributed by atoms with Crippen LogP contribution in [0.1, 0.15) is 22.3 Å². The maximum absolute atomic E-state index is 4.64. The Morgan fingerprint density at radius 2 is 0.706 bits per heavy atom. The minimum Gasteiger partial charge on any atom is -0.309 e. The molecule has 6 aromatic heterocycles. The number of fused-ring (bicyclic) bond motifs is 9. The van der Waals surface area contributed by atoms with Gasteiger partial charge in [-0.15, -0.1) is 0 Å². The molecule has 0 saturated heterocycles. The van der Waals surface area contributed by atoms with Crippen molar-refractivity contribution in [2.75, 3.05) is 0 Å². The second-order valence-corrected chi connectivity index (χ2v) is 18.0. The molecule has 0 aliphatic rings. The van der Waals surface area contributed by atoms with E-state index in [0.29, 0.717) is 0 Å². The highest BCUT2D eigenvalue weighted by molar-refractivity contribution is 6.29. The summed E-state index contributed by atoms with van der Waals surface area (Å²) in [5, 5.41) is 23.0. The van der Waals surface area contributed by atoms with E-state index in [4.69, 9.17) is 0 Å². The first-order chi connectivity index (χ1) is 33.4. The van der Waals surface area contributed by atoms with Crippen molar-refractivity contribution in [2.45, 2.75) is 27.7 Å². The molecule has 0 saturated carbocycles. The van der Waals surface area contributed by atoms with Crippen LogP contribution in [0.2, 0.25) is 0 Å². The van der Waals surface area contributed by atoms with Gasteiger partial charge in [0, 0.05) is 67.2 Å². The Bertz CT molecular complexity index is 3860. The monoisotopic (exact) mass is 874 g/mol. The number of aromatic nitrogens is 8. The van der Waals surface area contributed by atoms with Crippen LogP contribution < -0.4 is 0 Å². The predicted molar refractivity (Wildman–Crippen MR) is 278 cm³/mol. The van der Waals surface area contributed by atoms with E-state index in [1.54, 1.807) is 24.8 Å². The van der Waals surface area contributed by atoms with Crippen LogP contribution in [-0.4, -0.2) is 39.5 Å². The van der Waals surface area contributed by atoms with Crippen molar-refractivity contribution < 1.29 is 0 Å². The lowest BCUT2D eigenvalue weighted by Gasteiger charge is -2.15. The van der Waals surface area contributed by atoms with Gasteiger partial charge in [-0.05, 0) is 144 Å². The van der Waals surface area contributed by atoms with E-state index in [-0.39, 0.29) is 0 Å². The fourth-order valence-electron chi connectivity index (χ4n) is 10.9. The molecule has 0 unspecified atom stereocenters. The number of benzene rings is 7. The van der Waals surface area contributed by atoms with Crippen LogP contribution in [0, 0.1) is 27.7 Å². The van der Waals surface area contributed by atoms with Crippen molar-refractivity contribution in [3.05, 3.63) is 205 Å². The zero-order chi connectivity index (χ0) is 45.6. The van der Waals surface area contributed by atoms with Gasteiger partial charge in [0.25, 0.3) is 0 Å². The Hall–Kier alpha value is -8.88. The Morgan fingerprint density at radius 3 is 1.12 bits per heavy atom. The number of nitrogens with zero attached hydrogens (tertiary/aromatic N) is 8. The van der Waals surface area contributed by atoms with Crippen LogP contribution in [0.4, 0.5) is 0 Å². The van der Waals surface area contributed by atoms with Gasteiger partial charge in [-0.2, -0.15) is 20.4 Å². The number of para-hydroxylation sites is 2. The molecule has 0 spiro atoms. The first-order valence-electron chi connectivity index (χ1n) is 22.9. The molecule has 0 aliphatic carbocycles. The van der Waals surface area contributed by atoms with E-state index in [0.717, 1.165) is 55.4 Å². The molecule has 0 bridgehead atoms. The van der Waals surface area contributed by atoms with Gasteiger partial charge in [-0.1, -0.05) is 84.9 Å². The molecule has 13 aromatic rings. The van der Waals surface area contributed by atoms with Crippen LogP contribution in [0.5, 0.6) is 0 Å². The zero-order valence-corrected chi connectivity index (χ0v) is 37.9. The minimum atomic E-state index is 0.840. The van der Waals surface area contributed by atoms with E-state index in [2.05, 4.69) is 213 Å². The van der Waals surface area contributed by atoms with E-state index in [9.17, 15) is 0 Å². The van der Waals surface area contributed by atoms with Gasteiger partial charge >= 0.3 is 0 Å². The van der Waals surface area contributed by atoms with E-state index in [1.807, 2.05) is 12.4 Å². The smallest absolute Gasteiger partial charge is 0.0919 e. The lowest BCUT2D eigenvalue weighted by Crippen LogP contribution is -1.96. The topological polar surface area (TPSA) is 87.2 Å². The van der Waals surface area contributed by atoms with E-state index in [1.165, 1.54) is 88.1 Å². The largest absolute Gasteiger partial charge is 0.309 e. The SMILES string of the molecule is Cc1cc(-c2cnc3cnncc3c2)cc(C)c1-c1ccc(-n2c3ccccc3c3c4c5ccccc5n(-c5ccc(-c6c(C)cc(-c7cnc8cnncc8c7)cc6C)cc5)c4ccc32)cc1. The third-order valence-electron chi connectivity index (χ3n) is 13.8. The summed E-state index contributed by atoms with van der Waals surface area (Å²) in [4.78, 5) is 9.29. The molecule has 7 aromatic carbocycles. The van der Waals surface area contributed by atoms with Crippen LogP contribution in [-0.2, 0) is 0 Å². The highest BCUT2D eigenvalue weighted by Crippen LogP contribution is 2.43. The molecule has 13 rings (SSSR count). The summed E-state index contributed by atoms with van der Waals surface area (Å²) in [5.41, 5.74) is 22.8. The highest BCUT2D eigenvalue weighted by atomic mass is 15.1. The fourth-order valence-corrected chi connectivity index (χ4v) is 10.9. The van der Waals surface area contributed by atoms with Gasteiger partial charge in [-0.25, -0.2) is 0 Å². The Kier molecular flexibility index (Phi) is 8.92. The van der Waals surface area contributed by atoms with Gasteiger partial charge in [0.05, 0.1) is 57.9 Å². The van der Waals surface area contributed by atoms with Crippen LogP contribution >= 0.6 is 0 Å². The summed E-state index contributed by atoms with van der Waals surface area (Å²) in [6.45, 7) is 8.80. The molecule has 322 valence electrons. The van der Waals surface area contributed by atoms with Crippen molar-refractivity contribution >= 4 is 65.4 Å². The molecule has 0 aliphatic heterocycles. The van der Waals surface area contributed by atoms with Crippen molar-refractivity contribution in [1.29, 1.82) is 0 Å². The summed E-state index contributed by atoms with van der Waals surface area (Å²) < 4.78 is 4.85. The highest BCUT2D eigenvalue weighted by Gasteiger charge is 2.21. The number of hydrogen-bond donors (Lipinski definition) is 0. The number of aryl methyl sites for hydroxylation is 4. The number of hydrogen-bond acceptors (Lipinski definition) is 6. The van der Waals surface area contributed by atoms with Crippen LogP contribution in [0.15, 0.2) is 183 Å². The maximum Gasteiger partial charge on any atom is 0.0919 e. The summed E-state index contributed by atoms with van der Waals surface area (Å²) in [7, 11) is 0. The number of rotatable bonds is 6. The van der Waals surface area contributed by atoms with Gasteiger partial charge < -0.3 is 9.13 Å². The second kappa shape index (κ2) is 15.4. The maximum atomic E-state index is 4.64. The summed E-state index contributed by atoms with van der Waals surface area (Å²) >= 11 is 0. The van der Waals surface area contributed by atoms with Crippen LogP contribution in [0.25, 0.3) is 121 Å². The van der Waals surface area contributed by atoms with Crippen molar-refractivity contribution in [1.82, 2.24) is 39.5 Å². The first-order valence-corrected chi connectivity index (χ1v) is 22.9. The van der Waals surface area contributed by atoms with Crippen molar-refractivity contribution in [3.63, 3.8) is 0 Å². The van der Waals surface area contributed by atoms with Gasteiger partial charge in [0.15, 0.2) is 0 Å². The molecular formula is C60H42N8. The molecule has 0 fully saturated rings. The quantitative estimate of drug-likeness (QED) is 0.165. The molecule has 0 amide bonds. The third-order valence-corrected chi connectivity index (χ3v) is 13.8. The average molecular weight is 875 g/mol. The molecule has 0 N–H and O–H groups in total. The first kappa shape index (κ1) is 39.5. The zero-order valence-electron chi connectivity index (χ0n) is 37.9. The van der Waals surface area contributed by atoms with Crippen molar-refractivity contribution in [2.24, 2.45) is 0 Å².